The van der Waals surface area contributed by atoms with E-state index >= 15 is 0 Å². The second kappa shape index (κ2) is 4.23. The van der Waals surface area contributed by atoms with Crippen molar-refractivity contribution in [3.05, 3.63) is 42.7 Å². The topological polar surface area (TPSA) is 35.0 Å². The van der Waals surface area contributed by atoms with Gasteiger partial charge in [-0.3, -0.25) is 4.98 Å². The molecule has 0 atom stereocenters. The van der Waals surface area contributed by atoms with Crippen molar-refractivity contribution in [1.29, 1.82) is 0 Å². The van der Waals surface area contributed by atoms with Crippen LogP contribution in [0.25, 0.3) is 11.3 Å². The van der Waals surface area contributed by atoms with Gasteiger partial charge in [-0.05, 0) is 24.3 Å². The highest BCUT2D eigenvalue weighted by Crippen LogP contribution is 2.24. The first-order valence-electron chi connectivity index (χ1n) is 4.15. The lowest BCUT2D eigenvalue weighted by molar-refractivity contribution is 0.590. The lowest BCUT2D eigenvalue weighted by Gasteiger charge is -2.07. The highest BCUT2D eigenvalue weighted by atomic mass is 27.1. The second-order valence-corrected chi connectivity index (χ2v) is 2.92. The first-order valence-corrected chi connectivity index (χ1v) is 4.62. The molecule has 0 spiro atoms. The Kier molecular flexibility index (Phi) is 2.78. The summed E-state index contributed by atoms with van der Waals surface area (Å²) in [6.45, 7) is 0. The van der Waals surface area contributed by atoms with Crippen molar-refractivity contribution < 1.29 is 3.79 Å². The second-order valence-electron chi connectivity index (χ2n) is 2.69. The molecule has 0 unspecified atom stereocenters. The van der Waals surface area contributed by atoms with Crippen LogP contribution in [0.15, 0.2) is 42.7 Å². The largest absolute Gasteiger partial charge is 0.639 e. The summed E-state index contributed by atoms with van der Waals surface area (Å²) >= 11 is 2.19. The first-order chi connectivity index (χ1) is 6.92. The molecule has 0 aromatic carbocycles. The van der Waals surface area contributed by atoms with Crippen molar-refractivity contribution in [2.24, 2.45) is 0 Å². The Morgan fingerprint density at radius 3 is 2.57 bits per heavy atom. The summed E-state index contributed by atoms with van der Waals surface area (Å²) in [6.07, 6.45) is 3.43. The van der Waals surface area contributed by atoms with Crippen LogP contribution in [0.2, 0.25) is 0 Å². The average Bonchev–Trinajstić information content (AvgIpc) is 2.30. The van der Waals surface area contributed by atoms with Crippen molar-refractivity contribution in [2.75, 3.05) is 0 Å². The van der Waals surface area contributed by atoms with Crippen LogP contribution in [0.1, 0.15) is 0 Å². The molecular formula is C10H7AlN2O. The summed E-state index contributed by atoms with van der Waals surface area (Å²) < 4.78 is 5.07. The number of hydrogen-bond donors (Lipinski definition) is 0. The lowest BCUT2D eigenvalue weighted by Crippen LogP contribution is -1.93. The minimum atomic E-state index is 0.566. The van der Waals surface area contributed by atoms with E-state index in [4.69, 9.17) is 3.79 Å². The highest BCUT2D eigenvalue weighted by molar-refractivity contribution is 6.00. The zero-order valence-corrected chi connectivity index (χ0v) is 8.58. The molecule has 14 heavy (non-hydrogen) atoms. The maximum Gasteiger partial charge on any atom is 0.483 e. The van der Waals surface area contributed by atoms with Crippen LogP contribution in [-0.2, 0) is 0 Å². The van der Waals surface area contributed by atoms with Gasteiger partial charge >= 0.3 is 16.6 Å². The molecule has 0 N–H and O–H groups in total. The molecule has 2 aromatic rings. The molecule has 0 bridgehead atoms. The third kappa shape index (κ3) is 1.77. The van der Waals surface area contributed by atoms with Crippen LogP contribution in [-0.4, -0.2) is 26.6 Å². The van der Waals surface area contributed by atoms with E-state index in [1.54, 1.807) is 12.4 Å². The quantitative estimate of drug-likeness (QED) is 0.687. The van der Waals surface area contributed by atoms with Crippen molar-refractivity contribution in [2.45, 2.75) is 0 Å². The zero-order valence-electron chi connectivity index (χ0n) is 7.42. The predicted octanol–water partition coefficient (Wildman–Crippen LogP) is 1.61. The minimum Gasteiger partial charge on any atom is -0.639 e. The van der Waals surface area contributed by atoms with Gasteiger partial charge in [0.25, 0.3) is 0 Å². The van der Waals surface area contributed by atoms with E-state index in [-0.39, 0.29) is 0 Å². The van der Waals surface area contributed by atoms with Crippen LogP contribution in [0.3, 0.4) is 0 Å². The van der Waals surface area contributed by atoms with Gasteiger partial charge in [0.2, 0.25) is 0 Å². The summed E-state index contributed by atoms with van der Waals surface area (Å²) in [4.78, 5) is 8.32. The molecular weight excluding hydrogens is 191 g/mol. The number of hydrogen-bond acceptors (Lipinski definition) is 3. The Hall–Kier alpha value is -1.37. The molecule has 0 aliphatic carbocycles. The van der Waals surface area contributed by atoms with E-state index in [1.807, 2.05) is 30.3 Å². The molecule has 0 saturated heterocycles. The highest BCUT2D eigenvalue weighted by Gasteiger charge is 2.04. The number of nitrogens with zero attached hydrogens (tertiary/aromatic N) is 2. The van der Waals surface area contributed by atoms with E-state index in [0.29, 0.717) is 5.88 Å². The van der Waals surface area contributed by atoms with E-state index in [0.717, 1.165) is 11.3 Å². The van der Waals surface area contributed by atoms with Gasteiger partial charge in [0, 0.05) is 12.4 Å². The lowest BCUT2D eigenvalue weighted by atomic mass is 10.2. The minimum absolute atomic E-state index is 0.566. The van der Waals surface area contributed by atoms with Crippen LogP contribution in [0, 0.1) is 0 Å². The van der Waals surface area contributed by atoms with Gasteiger partial charge < -0.3 is 3.79 Å². The molecule has 0 saturated carbocycles. The van der Waals surface area contributed by atoms with Gasteiger partial charge in [-0.1, -0.05) is 6.07 Å². The maximum atomic E-state index is 5.07. The van der Waals surface area contributed by atoms with Gasteiger partial charge in [0.15, 0.2) is 5.88 Å². The van der Waals surface area contributed by atoms with Crippen molar-refractivity contribution in [3.8, 4) is 17.1 Å². The molecule has 2 rings (SSSR count). The molecule has 0 aliphatic rings. The molecule has 3 nitrogen and oxygen atoms in total. The molecule has 2 aromatic heterocycles. The molecule has 66 valence electrons. The molecule has 2 radical (unpaired) electrons. The normalized spacial score (nSPS) is 9.71. The smallest absolute Gasteiger partial charge is 0.483 e. The van der Waals surface area contributed by atoms with Crippen LogP contribution in [0.4, 0.5) is 0 Å². The van der Waals surface area contributed by atoms with Gasteiger partial charge in [0.1, 0.15) is 0 Å². The summed E-state index contributed by atoms with van der Waals surface area (Å²) in [7, 11) is 0. The molecule has 0 amide bonds. The van der Waals surface area contributed by atoms with Crippen molar-refractivity contribution in [1.82, 2.24) is 9.97 Å². The van der Waals surface area contributed by atoms with Crippen molar-refractivity contribution >= 4 is 16.6 Å². The third-order valence-electron chi connectivity index (χ3n) is 1.82. The van der Waals surface area contributed by atoms with E-state index in [1.165, 1.54) is 0 Å². The van der Waals surface area contributed by atoms with Crippen LogP contribution < -0.4 is 3.79 Å². The fraction of sp³-hybridized carbons (Fsp3) is 0. The first kappa shape index (κ1) is 9.20. The van der Waals surface area contributed by atoms with E-state index in [9.17, 15) is 0 Å². The third-order valence-corrected chi connectivity index (χ3v) is 2.05. The fourth-order valence-corrected chi connectivity index (χ4v) is 1.39. The summed E-state index contributed by atoms with van der Waals surface area (Å²) in [5, 5.41) is 0. The molecule has 0 aliphatic heterocycles. The summed E-state index contributed by atoms with van der Waals surface area (Å²) in [5.74, 6) is 0.566. The van der Waals surface area contributed by atoms with Gasteiger partial charge in [-0.25, -0.2) is 4.98 Å². The van der Waals surface area contributed by atoms with E-state index in [2.05, 4.69) is 26.6 Å². The standard InChI is InChI=1S/C10H8N2O.Al/c13-10-8(4-3-7-12-10)9-5-1-2-6-11-9;/h1-7H,(H,12,13);/q;+1/p-1. The Labute approximate surface area is 90.5 Å². The average molecular weight is 198 g/mol. The maximum absolute atomic E-state index is 5.07. The van der Waals surface area contributed by atoms with Gasteiger partial charge in [0.05, 0.1) is 11.3 Å². The number of pyridine rings is 2. The molecule has 0 fully saturated rings. The van der Waals surface area contributed by atoms with Crippen LogP contribution in [0.5, 0.6) is 5.88 Å². The molecule has 4 heteroatoms. The number of rotatable bonds is 2. The van der Waals surface area contributed by atoms with Gasteiger partial charge in [-0.15, -0.1) is 0 Å². The Balaban J connectivity index is 2.51. The summed E-state index contributed by atoms with van der Waals surface area (Å²) in [6, 6.07) is 9.51. The van der Waals surface area contributed by atoms with Crippen LogP contribution >= 0.6 is 0 Å². The predicted molar refractivity (Wildman–Crippen MR) is 53.9 cm³/mol. The number of aromatic nitrogens is 2. The Bertz CT molecular complexity index is 419. The fourth-order valence-electron chi connectivity index (χ4n) is 1.20. The Morgan fingerprint density at radius 2 is 1.86 bits per heavy atom. The SMILES string of the molecule is [Al][O]c1ncccc1-c1ccccn1. The monoisotopic (exact) mass is 198 g/mol. The van der Waals surface area contributed by atoms with Gasteiger partial charge in [-0.2, -0.15) is 0 Å². The Morgan fingerprint density at radius 1 is 1.00 bits per heavy atom. The summed E-state index contributed by atoms with van der Waals surface area (Å²) in [5.41, 5.74) is 1.75. The van der Waals surface area contributed by atoms with E-state index < -0.39 is 0 Å². The van der Waals surface area contributed by atoms with Crippen molar-refractivity contribution in [3.63, 3.8) is 0 Å². The zero-order chi connectivity index (χ0) is 9.80. The molecule has 2 heterocycles.